The number of aliphatic hydroxyl groups excluding tert-OH is 1. The topological polar surface area (TPSA) is 96.6 Å². The third-order valence-electron chi connectivity index (χ3n) is 3.87. The van der Waals surface area contributed by atoms with Crippen LogP contribution in [-0.4, -0.2) is 32.2 Å². The van der Waals surface area contributed by atoms with Gasteiger partial charge in [0.05, 0.1) is 0 Å². The van der Waals surface area contributed by atoms with Gasteiger partial charge in [-0.2, -0.15) is 0 Å². The number of hydrogen-bond acceptors (Lipinski definition) is 5. The summed E-state index contributed by atoms with van der Waals surface area (Å²) in [6.07, 6.45) is 2.84. The SMILES string of the molecule is O=C(NCc1ccc(Cl)cc1)c1nnc2ccc(CCCO)cn2c1=O. The molecule has 2 heterocycles. The molecule has 0 atom stereocenters. The highest BCUT2D eigenvalue weighted by atomic mass is 35.5. The van der Waals surface area contributed by atoms with Gasteiger partial charge in [-0.15, -0.1) is 10.2 Å². The molecule has 0 fully saturated rings. The van der Waals surface area contributed by atoms with Gasteiger partial charge in [0, 0.05) is 24.4 Å². The van der Waals surface area contributed by atoms with E-state index in [1.54, 1.807) is 36.5 Å². The van der Waals surface area contributed by atoms with Crippen molar-refractivity contribution in [3.63, 3.8) is 0 Å². The van der Waals surface area contributed by atoms with E-state index in [-0.39, 0.29) is 18.8 Å². The lowest BCUT2D eigenvalue weighted by atomic mass is 10.1. The Bertz CT molecular complexity index is 986. The van der Waals surface area contributed by atoms with E-state index in [0.29, 0.717) is 23.5 Å². The van der Waals surface area contributed by atoms with Crippen molar-refractivity contribution in [3.8, 4) is 0 Å². The Morgan fingerprint density at radius 2 is 1.85 bits per heavy atom. The highest BCUT2D eigenvalue weighted by Gasteiger charge is 2.15. The van der Waals surface area contributed by atoms with Crippen LogP contribution in [-0.2, 0) is 13.0 Å². The van der Waals surface area contributed by atoms with Crippen molar-refractivity contribution in [2.45, 2.75) is 19.4 Å². The van der Waals surface area contributed by atoms with Gasteiger partial charge >= 0.3 is 0 Å². The number of pyridine rings is 1. The number of halogens is 1. The molecule has 2 N–H and O–H groups in total. The summed E-state index contributed by atoms with van der Waals surface area (Å²) in [7, 11) is 0. The number of hydrogen-bond donors (Lipinski definition) is 2. The molecule has 7 nitrogen and oxygen atoms in total. The smallest absolute Gasteiger partial charge is 0.289 e. The van der Waals surface area contributed by atoms with Crippen molar-refractivity contribution in [1.29, 1.82) is 0 Å². The van der Waals surface area contributed by atoms with Crippen molar-refractivity contribution in [1.82, 2.24) is 19.9 Å². The molecular weight excluding hydrogens is 356 g/mol. The van der Waals surface area contributed by atoms with E-state index in [4.69, 9.17) is 16.7 Å². The lowest BCUT2D eigenvalue weighted by Gasteiger charge is -2.07. The van der Waals surface area contributed by atoms with Gasteiger partial charge in [-0.05, 0) is 42.2 Å². The Balaban J connectivity index is 1.82. The number of nitrogens with one attached hydrogen (secondary N) is 1. The first-order valence-corrected chi connectivity index (χ1v) is 8.48. The number of benzene rings is 1. The first kappa shape index (κ1) is 18.0. The predicted molar refractivity (Wildman–Crippen MR) is 97.3 cm³/mol. The fourth-order valence-electron chi connectivity index (χ4n) is 2.48. The maximum atomic E-state index is 12.6. The van der Waals surface area contributed by atoms with Gasteiger partial charge < -0.3 is 10.4 Å². The Labute approximate surface area is 154 Å². The summed E-state index contributed by atoms with van der Waals surface area (Å²) in [6, 6.07) is 10.5. The molecule has 0 aliphatic rings. The molecule has 0 saturated heterocycles. The molecule has 1 aromatic carbocycles. The lowest BCUT2D eigenvalue weighted by molar-refractivity contribution is 0.0943. The van der Waals surface area contributed by atoms with Crippen LogP contribution in [0, 0.1) is 0 Å². The average Bonchev–Trinajstić information content (AvgIpc) is 2.66. The number of aliphatic hydroxyl groups is 1. The van der Waals surface area contributed by atoms with Crippen molar-refractivity contribution in [2.24, 2.45) is 0 Å². The molecular formula is C18H17ClN4O3. The van der Waals surface area contributed by atoms with Gasteiger partial charge in [0.25, 0.3) is 11.5 Å². The molecule has 2 aromatic heterocycles. The van der Waals surface area contributed by atoms with Crippen LogP contribution in [0.4, 0.5) is 0 Å². The molecule has 3 aromatic rings. The molecule has 0 spiro atoms. The van der Waals surface area contributed by atoms with E-state index >= 15 is 0 Å². The van der Waals surface area contributed by atoms with Crippen molar-refractivity contribution >= 4 is 23.2 Å². The summed E-state index contributed by atoms with van der Waals surface area (Å²) >= 11 is 5.83. The summed E-state index contributed by atoms with van der Waals surface area (Å²) in [5, 5.41) is 19.9. The fourth-order valence-corrected chi connectivity index (χ4v) is 2.61. The molecule has 0 bridgehead atoms. The van der Waals surface area contributed by atoms with E-state index in [1.165, 1.54) is 4.40 Å². The highest BCUT2D eigenvalue weighted by Crippen LogP contribution is 2.09. The minimum absolute atomic E-state index is 0.0693. The maximum Gasteiger partial charge on any atom is 0.289 e. The van der Waals surface area contributed by atoms with Crippen LogP contribution < -0.4 is 10.9 Å². The van der Waals surface area contributed by atoms with E-state index in [0.717, 1.165) is 11.1 Å². The number of amides is 1. The summed E-state index contributed by atoms with van der Waals surface area (Å²) in [6.45, 7) is 0.316. The second kappa shape index (κ2) is 8.07. The second-order valence-corrected chi connectivity index (χ2v) is 6.19. The standard InChI is InChI=1S/C18H17ClN4O3/c19-14-6-3-12(4-7-14)10-20-17(25)16-18(26)23-11-13(2-1-9-24)5-8-15(23)21-22-16/h3-8,11,24H,1-2,9-10H2,(H,20,25). The Hall–Kier alpha value is -2.77. The first-order chi connectivity index (χ1) is 12.6. The maximum absolute atomic E-state index is 12.6. The third kappa shape index (κ3) is 4.07. The lowest BCUT2D eigenvalue weighted by Crippen LogP contribution is -2.33. The van der Waals surface area contributed by atoms with Gasteiger partial charge in [0.1, 0.15) is 0 Å². The van der Waals surface area contributed by atoms with Crippen LogP contribution in [0.5, 0.6) is 0 Å². The monoisotopic (exact) mass is 372 g/mol. The molecule has 134 valence electrons. The van der Waals surface area contributed by atoms with Crippen molar-refractivity contribution in [3.05, 3.63) is 74.8 Å². The highest BCUT2D eigenvalue weighted by molar-refractivity contribution is 6.30. The molecule has 0 radical (unpaired) electrons. The number of carbonyl (C=O) groups is 1. The van der Waals surface area contributed by atoms with Crippen LogP contribution in [0.15, 0.2) is 47.4 Å². The minimum Gasteiger partial charge on any atom is -0.396 e. The zero-order valence-electron chi connectivity index (χ0n) is 13.9. The van der Waals surface area contributed by atoms with E-state index in [2.05, 4.69) is 15.5 Å². The van der Waals surface area contributed by atoms with Gasteiger partial charge in [0.15, 0.2) is 5.65 Å². The summed E-state index contributed by atoms with van der Waals surface area (Å²) in [4.78, 5) is 24.9. The number of carbonyl (C=O) groups excluding carboxylic acids is 1. The summed E-state index contributed by atoms with van der Waals surface area (Å²) in [5.41, 5.74) is 1.28. The van der Waals surface area contributed by atoms with Crippen LogP contribution in [0.3, 0.4) is 0 Å². The van der Waals surface area contributed by atoms with Crippen molar-refractivity contribution in [2.75, 3.05) is 6.61 Å². The molecule has 1 amide bonds. The minimum atomic E-state index is -0.590. The molecule has 3 rings (SSSR count). The number of aromatic nitrogens is 3. The number of fused-ring (bicyclic) bond motifs is 1. The van der Waals surface area contributed by atoms with E-state index in [1.807, 2.05) is 6.07 Å². The zero-order chi connectivity index (χ0) is 18.5. The first-order valence-electron chi connectivity index (χ1n) is 8.10. The fraction of sp³-hybridized carbons (Fsp3) is 0.222. The number of aryl methyl sites for hydroxylation is 1. The molecule has 26 heavy (non-hydrogen) atoms. The van der Waals surface area contributed by atoms with Crippen LogP contribution in [0.1, 0.15) is 28.0 Å². The molecule has 0 unspecified atom stereocenters. The third-order valence-corrected chi connectivity index (χ3v) is 4.12. The Morgan fingerprint density at radius 1 is 1.12 bits per heavy atom. The second-order valence-electron chi connectivity index (χ2n) is 5.76. The number of nitrogens with zero attached hydrogens (tertiary/aromatic N) is 3. The molecule has 0 aliphatic heterocycles. The van der Waals surface area contributed by atoms with Crippen LogP contribution in [0.2, 0.25) is 5.02 Å². The zero-order valence-corrected chi connectivity index (χ0v) is 14.6. The Morgan fingerprint density at radius 3 is 2.58 bits per heavy atom. The van der Waals surface area contributed by atoms with Crippen LogP contribution in [0.25, 0.3) is 5.65 Å². The van der Waals surface area contributed by atoms with Gasteiger partial charge in [-0.1, -0.05) is 29.8 Å². The molecule has 0 aliphatic carbocycles. The summed E-state index contributed by atoms with van der Waals surface area (Å²) < 4.78 is 1.30. The van der Waals surface area contributed by atoms with Crippen molar-refractivity contribution < 1.29 is 9.90 Å². The number of rotatable bonds is 6. The average molecular weight is 373 g/mol. The van der Waals surface area contributed by atoms with E-state index < -0.39 is 11.5 Å². The van der Waals surface area contributed by atoms with Gasteiger partial charge in [-0.25, -0.2) is 0 Å². The summed E-state index contributed by atoms with van der Waals surface area (Å²) in [5.74, 6) is -0.590. The molecule has 0 saturated carbocycles. The quantitative estimate of drug-likeness (QED) is 0.685. The predicted octanol–water partition coefficient (Wildman–Crippen LogP) is 1.60. The molecule has 8 heteroatoms. The normalized spacial score (nSPS) is 10.8. The van der Waals surface area contributed by atoms with Gasteiger partial charge in [0.2, 0.25) is 5.69 Å². The van der Waals surface area contributed by atoms with Gasteiger partial charge in [-0.3, -0.25) is 14.0 Å². The van der Waals surface area contributed by atoms with E-state index in [9.17, 15) is 9.59 Å². The Kier molecular flexibility index (Phi) is 5.60. The van der Waals surface area contributed by atoms with Crippen LogP contribution >= 0.6 is 11.6 Å². The largest absolute Gasteiger partial charge is 0.396 e.